The van der Waals surface area contributed by atoms with E-state index in [4.69, 9.17) is 5.73 Å². The minimum Gasteiger partial charge on any atom is -0.373 e. The number of aromatic nitrogens is 1. The van der Waals surface area contributed by atoms with Crippen molar-refractivity contribution in [3.05, 3.63) is 27.3 Å². The number of nitrogens with one attached hydrogen (secondary N) is 1. The summed E-state index contributed by atoms with van der Waals surface area (Å²) < 4.78 is 0.820. The van der Waals surface area contributed by atoms with Crippen LogP contribution in [0.15, 0.2) is 12.1 Å². The highest BCUT2D eigenvalue weighted by Crippen LogP contribution is 2.34. The first kappa shape index (κ1) is 13.7. The highest BCUT2D eigenvalue weighted by atomic mass is 32.1. The van der Waals surface area contributed by atoms with Crippen LogP contribution in [-0.4, -0.2) is 22.0 Å². The van der Waals surface area contributed by atoms with Gasteiger partial charge in [-0.15, -0.1) is 11.3 Å². The first-order valence-corrected chi connectivity index (χ1v) is 6.68. The van der Waals surface area contributed by atoms with Crippen molar-refractivity contribution in [2.75, 3.05) is 11.9 Å². The molecule has 0 aliphatic rings. The number of nitrogens with two attached hydrogens (primary N) is 1. The van der Waals surface area contributed by atoms with Crippen LogP contribution in [0.4, 0.5) is 11.4 Å². The van der Waals surface area contributed by atoms with E-state index in [-0.39, 0.29) is 10.6 Å². The van der Waals surface area contributed by atoms with Gasteiger partial charge in [-0.25, -0.2) is 4.98 Å². The molecule has 0 amide bonds. The summed E-state index contributed by atoms with van der Waals surface area (Å²) in [4.78, 5) is 15.1. The zero-order chi connectivity index (χ0) is 14.2. The predicted molar refractivity (Wildman–Crippen MR) is 77.8 cm³/mol. The maximum Gasteiger partial charge on any atom is 0.293 e. The molecule has 2 rings (SSSR count). The van der Waals surface area contributed by atoms with Crippen LogP contribution in [0.2, 0.25) is 0 Å². The Morgan fingerprint density at radius 3 is 2.79 bits per heavy atom. The van der Waals surface area contributed by atoms with Gasteiger partial charge in [0.05, 0.1) is 20.1 Å². The number of thiazole rings is 1. The number of aryl methyl sites for hydroxylation is 1. The van der Waals surface area contributed by atoms with E-state index in [0.717, 1.165) is 15.2 Å². The second-order valence-electron chi connectivity index (χ2n) is 5.04. The summed E-state index contributed by atoms with van der Waals surface area (Å²) in [6, 6.07) is 3.28. The smallest absolute Gasteiger partial charge is 0.293 e. The standard InChI is InChI=1S/C12H16N4O2S/c1-7-14-9-4-8(15-12(2,3)6-13)10(16(17)18)5-11(9)19-7/h4-5,15H,6,13H2,1-3H3. The number of hydrogen-bond acceptors (Lipinski definition) is 6. The number of rotatable bonds is 4. The topological polar surface area (TPSA) is 94.1 Å². The third-order valence-corrected chi connectivity index (χ3v) is 3.73. The van der Waals surface area contributed by atoms with Crippen molar-refractivity contribution in [1.82, 2.24) is 4.98 Å². The molecule has 0 bridgehead atoms. The molecule has 0 fully saturated rings. The normalized spacial score (nSPS) is 11.8. The maximum atomic E-state index is 11.2. The van der Waals surface area contributed by atoms with E-state index in [1.807, 2.05) is 20.8 Å². The molecule has 3 N–H and O–H groups in total. The monoisotopic (exact) mass is 280 g/mol. The van der Waals surface area contributed by atoms with Crippen molar-refractivity contribution in [1.29, 1.82) is 0 Å². The predicted octanol–water partition coefficient (Wildman–Crippen LogP) is 2.66. The molecule has 2 aromatic rings. The molecule has 0 aliphatic carbocycles. The summed E-state index contributed by atoms with van der Waals surface area (Å²) in [5, 5.41) is 15.2. The highest BCUT2D eigenvalue weighted by molar-refractivity contribution is 7.18. The molecule has 0 saturated carbocycles. The number of anilines is 1. The molecule has 102 valence electrons. The number of nitro benzene ring substituents is 1. The number of hydrogen-bond donors (Lipinski definition) is 2. The molecule has 1 aromatic heterocycles. The van der Waals surface area contributed by atoms with E-state index in [9.17, 15) is 10.1 Å². The van der Waals surface area contributed by atoms with Crippen molar-refractivity contribution in [3.63, 3.8) is 0 Å². The highest BCUT2D eigenvalue weighted by Gasteiger charge is 2.22. The number of benzene rings is 1. The molecule has 1 aromatic carbocycles. The molecule has 0 atom stereocenters. The van der Waals surface area contributed by atoms with Gasteiger partial charge in [0.1, 0.15) is 5.69 Å². The molecule has 0 unspecified atom stereocenters. The zero-order valence-electron chi connectivity index (χ0n) is 11.1. The first-order chi connectivity index (χ1) is 8.82. The van der Waals surface area contributed by atoms with Gasteiger partial charge < -0.3 is 11.1 Å². The van der Waals surface area contributed by atoms with Gasteiger partial charge in [0, 0.05) is 18.2 Å². The van der Waals surface area contributed by atoms with Gasteiger partial charge in [0.25, 0.3) is 5.69 Å². The lowest BCUT2D eigenvalue weighted by molar-refractivity contribution is -0.383. The summed E-state index contributed by atoms with van der Waals surface area (Å²) in [7, 11) is 0. The van der Waals surface area contributed by atoms with Crippen LogP contribution in [0.1, 0.15) is 18.9 Å². The fourth-order valence-electron chi connectivity index (χ4n) is 1.75. The van der Waals surface area contributed by atoms with Crippen LogP contribution in [0.5, 0.6) is 0 Å². The molecule has 6 nitrogen and oxygen atoms in total. The molecule has 19 heavy (non-hydrogen) atoms. The van der Waals surface area contributed by atoms with Gasteiger partial charge in [-0.3, -0.25) is 10.1 Å². The summed E-state index contributed by atoms with van der Waals surface area (Å²) in [6.07, 6.45) is 0. The van der Waals surface area contributed by atoms with Gasteiger partial charge in [-0.1, -0.05) is 0 Å². The lowest BCUT2D eigenvalue weighted by atomic mass is 10.1. The van der Waals surface area contributed by atoms with E-state index in [0.29, 0.717) is 12.2 Å². The third kappa shape index (κ3) is 2.82. The zero-order valence-corrected chi connectivity index (χ0v) is 11.9. The van der Waals surface area contributed by atoms with E-state index < -0.39 is 5.54 Å². The second kappa shape index (κ2) is 4.75. The number of nitro groups is 1. The van der Waals surface area contributed by atoms with Crippen LogP contribution in [0.3, 0.4) is 0 Å². The quantitative estimate of drug-likeness (QED) is 0.663. The molecule has 0 saturated heterocycles. The molecular formula is C12H16N4O2S. The van der Waals surface area contributed by atoms with Gasteiger partial charge in [0.15, 0.2) is 0 Å². The summed E-state index contributed by atoms with van der Waals surface area (Å²) >= 11 is 1.45. The molecule has 7 heteroatoms. The molecule has 1 heterocycles. The second-order valence-corrected chi connectivity index (χ2v) is 6.27. The number of nitrogens with zero attached hydrogens (tertiary/aromatic N) is 2. The van der Waals surface area contributed by atoms with Gasteiger partial charge >= 0.3 is 0 Å². The number of fused-ring (bicyclic) bond motifs is 1. The maximum absolute atomic E-state index is 11.2. The van der Waals surface area contributed by atoms with Crippen LogP contribution in [0, 0.1) is 17.0 Å². The van der Waals surface area contributed by atoms with E-state index in [2.05, 4.69) is 10.3 Å². The van der Waals surface area contributed by atoms with E-state index in [1.165, 1.54) is 11.3 Å². The Kier molecular flexibility index (Phi) is 3.42. The van der Waals surface area contributed by atoms with Gasteiger partial charge in [-0.05, 0) is 26.8 Å². The Morgan fingerprint density at radius 2 is 2.21 bits per heavy atom. The van der Waals surface area contributed by atoms with Crippen molar-refractivity contribution in [3.8, 4) is 0 Å². The molecule has 0 radical (unpaired) electrons. The Hall–Kier alpha value is -1.73. The van der Waals surface area contributed by atoms with Crippen molar-refractivity contribution in [2.45, 2.75) is 26.3 Å². The van der Waals surface area contributed by atoms with Crippen molar-refractivity contribution < 1.29 is 4.92 Å². The molecule has 0 spiro atoms. The fraction of sp³-hybridized carbons (Fsp3) is 0.417. The minimum atomic E-state index is -0.413. The third-order valence-electron chi connectivity index (χ3n) is 2.79. The fourth-order valence-corrected chi connectivity index (χ4v) is 2.59. The average Bonchev–Trinajstić information content (AvgIpc) is 2.66. The lowest BCUT2D eigenvalue weighted by Crippen LogP contribution is -2.39. The molecular weight excluding hydrogens is 264 g/mol. The first-order valence-electron chi connectivity index (χ1n) is 5.86. The van der Waals surface area contributed by atoms with Crippen LogP contribution >= 0.6 is 11.3 Å². The van der Waals surface area contributed by atoms with Crippen LogP contribution in [0.25, 0.3) is 10.2 Å². The largest absolute Gasteiger partial charge is 0.373 e. The Morgan fingerprint density at radius 1 is 1.53 bits per heavy atom. The molecule has 0 aliphatic heterocycles. The Bertz CT molecular complexity index is 636. The summed E-state index contributed by atoms with van der Waals surface area (Å²) in [6.45, 7) is 6.05. The Balaban J connectivity index is 2.56. The van der Waals surface area contributed by atoms with E-state index >= 15 is 0 Å². The van der Waals surface area contributed by atoms with Crippen LogP contribution < -0.4 is 11.1 Å². The SMILES string of the molecule is Cc1nc2cc(NC(C)(C)CN)c([N+](=O)[O-])cc2s1. The van der Waals surface area contributed by atoms with Crippen LogP contribution in [-0.2, 0) is 0 Å². The average molecular weight is 280 g/mol. The minimum absolute atomic E-state index is 0.0534. The lowest BCUT2D eigenvalue weighted by Gasteiger charge is -2.25. The van der Waals surface area contributed by atoms with Crippen molar-refractivity contribution in [2.24, 2.45) is 5.73 Å². The van der Waals surface area contributed by atoms with Gasteiger partial charge in [0.2, 0.25) is 0 Å². The Labute approximate surface area is 114 Å². The van der Waals surface area contributed by atoms with Gasteiger partial charge in [-0.2, -0.15) is 0 Å². The summed E-state index contributed by atoms with van der Waals surface area (Å²) in [5.41, 5.74) is 6.52. The van der Waals surface area contributed by atoms with Crippen molar-refractivity contribution >= 4 is 32.9 Å². The summed E-state index contributed by atoms with van der Waals surface area (Å²) in [5.74, 6) is 0. The van der Waals surface area contributed by atoms with E-state index in [1.54, 1.807) is 12.1 Å².